The summed E-state index contributed by atoms with van der Waals surface area (Å²) in [6.45, 7) is 3.93. The highest BCUT2D eigenvalue weighted by atomic mass is 19.1. The molecule has 2 aromatic rings. The quantitative estimate of drug-likeness (QED) is 0.852. The molecule has 1 aromatic heterocycles. The van der Waals surface area contributed by atoms with E-state index in [1.54, 1.807) is 12.3 Å². The minimum absolute atomic E-state index is 0.265. The van der Waals surface area contributed by atoms with Crippen molar-refractivity contribution in [3.05, 3.63) is 47.8 Å². The van der Waals surface area contributed by atoms with Gasteiger partial charge < -0.3 is 14.6 Å². The molecule has 1 fully saturated rings. The summed E-state index contributed by atoms with van der Waals surface area (Å²) in [6.07, 6.45) is 6.10. The van der Waals surface area contributed by atoms with Crippen LogP contribution < -0.4 is 10.1 Å². The van der Waals surface area contributed by atoms with Crippen molar-refractivity contribution in [1.29, 1.82) is 0 Å². The number of nitrogens with one attached hydrogen (secondary N) is 1. The molecule has 0 aliphatic heterocycles. The molecule has 0 saturated heterocycles. The zero-order valence-electron chi connectivity index (χ0n) is 12.2. The highest BCUT2D eigenvalue weighted by Crippen LogP contribution is 2.21. The first-order valence-corrected chi connectivity index (χ1v) is 7.40. The molecular weight excluding hydrogens is 269 g/mol. The molecule has 1 saturated carbocycles. The third kappa shape index (κ3) is 3.82. The Bertz CT molecular complexity index is 607. The smallest absolute Gasteiger partial charge is 0.146 e. The summed E-state index contributed by atoms with van der Waals surface area (Å²) in [5.74, 6) is 1.13. The fourth-order valence-corrected chi connectivity index (χ4v) is 2.27. The van der Waals surface area contributed by atoms with Crippen LogP contribution >= 0.6 is 0 Å². The largest absolute Gasteiger partial charge is 0.486 e. The summed E-state index contributed by atoms with van der Waals surface area (Å²) in [6, 6.07) is 5.46. The zero-order valence-corrected chi connectivity index (χ0v) is 12.2. The third-order valence-electron chi connectivity index (χ3n) is 3.61. The molecule has 1 N–H and O–H groups in total. The summed E-state index contributed by atoms with van der Waals surface area (Å²) >= 11 is 0. The van der Waals surface area contributed by atoms with E-state index in [-0.39, 0.29) is 5.82 Å². The molecule has 1 heterocycles. The number of imidazole rings is 1. The number of aromatic nitrogens is 2. The standard InChI is InChI=1S/C16H20FN3O/c1-2-20-6-5-18-16(20)11-21-15-8-12(7-13(17)9-15)10-19-14-3-4-14/h5-9,14,19H,2-4,10-11H2,1H3. The van der Waals surface area contributed by atoms with Gasteiger partial charge in [-0.25, -0.2) is 9.37 Å². The van der Waals surface area contributed by atoms with Gasteiger partial charge in [0.1, 0.15) is 24.0 Å². The van der Waals surface area contributed by atoms with Gasteiger partial charge in [0.2, 0.25) is 0 Å². The second kappa shape index (κ2) is 6.26. The van der Waals surface area contributed by atoms with Gasteiger partial charge in [0.05, 0.1) is 0 Å². The highest BCUT2D eigenvalue weighted by Gasteiger charge is 2.20. The number of nitrogens with zero attached hydrogens (tertiary/aromatic N) is 2. The minimum atomic E-state index is -0.265. The minimum Gasteiger partial charge on any atom is -0.486 e. The van der Waals surface area contributed by atoms with Crippen LogP contribution in [0.3, 0.4) is 0 Å². The number of hydrogen-bond acceptors (Lipinski definition) is 3. The molecule has 1 aliphatic carbocycles. The van der Waals surface area contributed by atoms with Crippen molar-refractivity contribution in [2.24, 2.45) is 0 Å². The number of benzene rings is 1. The van der Waals surface area contributed by atoms with Crippen LogP contribution in [0, 0.1) is 5.82 Å². The van der Waals surface area contributed by atoms with Gasteiger partial charge in [-0.05, 0) is 37.5 Å². The van der Waals surface area contributed by atoms with Gasteiger partial charge in [0.15, 0.2) is 0 Å². The first-order valence-electron chi connectivity index (χ1n) is 7.40. The van der Waals surface area contributed by atoms with Crippen LogP contribution in [0.15, 0.2) is 30.6 Å². The predicted octanol–water partition coefficient (Wildman–Crippen LogP) is 2.87. The first kappa shape index (κ1) is 14.1. The van der Waals surface area contributed by atoms with Crippen LogP contribution in [-0.2, 0) is 19.7 Å². The number of hydrogen-bond donors (Lipinski definition) is 1. The Kier molecular flexibility index (Phi) is 4.20. The van der Waals surface area contributed by atoms with Crippen LogP contribution in [0.4, 0.5) is 4.39 Å². The summed E-state index contributed by atoms with van der Waals surface area (Å²) in [5, 5.41) is 3.38. The lowest BCUT2D eigenvalue weighted by Crippen LogP contribution is -2.15. The Labute approximate surface area is 124 Å². The monoisotopic (exact) mass is 289 g/mol. The fourth-order valence-electron chi connectivity index (χ4n) is 2.27. The van der Waals surface area contributed by atoms with E-state index >= 15 is 0 Å². The Morgan fingerprint density at radius 2 is 2.24 bits per heavy atom. The van der Waals surface area contributed by atoms with Crippen LogP contribution in [0.5, 0.6) is 5.75 Å². The molecule has 0 atom stereocenters. The van der Waals surface area contributed by atoms with Gasteiger partial charge in [-0.2, -0.15) is 0 Å². The maximum Gasteiger partial charge on any atom is 0.146 e. The summed E-state index contributed by atoms with van der Waals surface area (Å²) in [4.78, 5) is 4.25. The molecule has 1 aliphatic rings. The molecule has 21 heavy (non-hydrogen) atoms. The highest BCUT2D eigenvalue weighted by molar-refractivity contribution is 5.29. The summed E-state index contributed by atoms with van der Waals surface area (Å²) in [7, 11) is 0. The fraction of sp³-hybridized carbons (Fsp3) is 0.438. The molecule has 5 heteroatoms. The maximum absolute atomic E-state index is 13.7. The zero-order chi connectivity index (χ0) is 14.7. The number of rotatable bonds is 7. The van der Waals surface area contributed by atoms with Gasteiger partial charge in [0.25, 0.3) is 0 Å². The SMILES string of the molecule is CCn1ccnc1COc1cc(F)cc(CNC2CC2)c1. The van der Waals surface area contributed by atoms with Crippen LogP contribution in [0.1, 0.15) is 31.2 Å². The Morgan fingerprint density at radius 1 is 1.38 bits per heavy atom. The predicted molar refractivity (Wildman–Crippen MR) is 78.5 cm³/mol. The second-order valence-corrected chi connectivity index (χ2v) is 5.37. The average molecular weight is 289 g/mol. The molecule has 0 bridgehead atoms. The third-order valence-corrected chi connectivity index (χ3v) is 3.61. The van der Waals surface area contributed by atoms with Gasteiger partial charge in [0, 0.05) is 37.6 Å². The Balaban J connectivity index is 1.63. The van der Waals surface area contributed by atoms with E-state index in [0.717, 1.165) is 17.9 Å². The van der Waals surface area contributed by atoms with Gasteiger partial charge in [-0.15, -0.1) is 0 Å². The van der Waals surface area contributed by atoms with E-state index < -0.39 is 0 Å². The lowest BCUT2D eigenvalue weighted by Gasteiger charge is -2.10. The maximum atomic E-state index is 13.7. The molecule has 0 spiro atoms. The molecule has 4 nitrogen and oxygen atoms in total. The van der Waals surface area contributed by atoms with Crippen molar-refractivity contribution in [2.75, 3.05) is 0 Å². The van der Waals surface area contributed by atoms with Crippen molar-refractivity contribution in [2.45, 2.75) is 45.5 Å². The molecule has 0 amide bonds. The molecule has 0 unspecified atom stereocenters. The summed E-state index contributed by atoms with van der Waals surface area (Å²) < 4.78 is 21.3. The van der Waals surface area contributed by atoms with Gasteiger partial charge in [-0.1, -0.05) is 0 Å². The van der Waals surface area contributed by atoms with Gasteiger partial charge >= 0.3 is 0 Å². The van der Waals surface area contributed by atoms with Crippen molar-refractivity contribution in [1.82, 2.24) is 14.9 Å². The lowest BCUT2D eigenvalue weighted by atomic mass is 10.2. The topological polar surface area (TPSA) is 39.1 Å². The Morgan fingerprint density at radius 3 is 3.00 bits per heavy atom. The van der Waals surface area contributed by atoms with Crippen molar-refractivity contribution < 1.29 is 9.13 Å². The average Bonchev–Trinajstić information content (AvgIpc) is 3.19. The second-order valence-electron chi connectivity index (χ2n) is 5.37. The molecule has 0 radical (unpaired) electrons. The molecule has 3 rings (SSSR count). The van der Waals surface area contributed by atoms with Crippen LogP contribution in [-0.4, -0.2) is 15.6 Å². The number of halogens is 1. The van der Waals surface area contributed by atoms with E-state index in [2.05, 4.69) is 17.2 Å². The van der Waals surface area contributed by atoms with E-state index in [1.807, 2.05) is 16.8 Å². The van der Waals surface area contributed by atoms with Crippen LogP contribution in [0.25, 0.3) is 0 Å². The number of ether oxygens (including phenoxy) is 1. The summed E-state index contributed by atoms with van der Waals surface area (Å²) in [5.41, 5.74) is 0.913. The van der Waals surface area contributed by atoms with E-state index in [0.29, 0.717) is 24.9 Å². The molecule has 112 valence electrons. The molecule has 1 aromatic carbocycles. The molecular formula is C16H20FN3O. The van der Waals surface area contributed by atoms with Crippen molar-refractivity contribution in [3.63, 3.8) is 0 Å². The van der Waals surface area contributed by atoms with Crippen molar-refractivity contribution in [3.8, 4) is 5.75 Å². The van der Waals surface area contributed by atoms with Crippen LogP contribution in [0.2, 0.25) is 0 Å². The normalized spacial score (nSPS) is 14.4. The lowest BCUT2D eigenvalue weighted by molar-refractivity contribution is 0.288. The van der Waals surface area contributed by atoms with Gasteiger partial charge in [-0.3, -0.25) is 0 Å². The first-order chi connectivity index (χ1) is 10.2. The van der Waals surface area contributed by atoms with Crippen molar-refractivity contribution >= 4 is 0 Å². The number of aryl methyl sites for hydroxylation is 1. The van der Waals surface area contributed by atoms with E-state index in [4.69, 9.17) is 4.74 Å². The van der Waals surface area contributed by atoms with E-state index in [9.17, 15) is 4.39 Å². The van der Waals surface area contributed by atoms with E-state index in [1.165, 1.54) is 18.9 Å². The Hall–Kier alpha value is -1.88.